The highest BCUT2D eigenvalue weighted by Crippen LogP contribution is 2.01. The van der Waals surface area contributed by atoms with Gasteiger partial charge in [0.2, 0.25) is 0 Å². The molecule has 2 rings (SSSR count). The first-order chi connectivity index (χ1) is 8.65. The number of carbonyl (C=O) groups is 1. The molecule has 0 unspecified atom stereocenters. The monoisotopic (exact) mass is 248 g/mol. The second kappa shape index (κ2) is 5.21. The Labute approximate surface area is 103 Å². The van der Waals surface area contributed by atoms with Gasteiger partial charge in [-0.3, -0.25) is 4.68 Å². The average Bonchev–Trinajstić information content (AvgIpc) is 2.76. The molecule has 18 heavy (non-hydrogen) atoms. The van der Waals surface area contributed by atoms with Gasteiger partial charge in [-0.25, -0.2) is 19.7 Å². The second-order valence-electron chi connectivity index (χ2n) is 3.60. The Bertz CT molecular complexity index is 536. The first kappa shape index (κ1) is 12.0. The Hall–Kier alpha value is -2.51. The van der Waals surface area contributed by atoms with Gasteiger partial charge < -0.3 is 10.4 Å². The van der Waals surface area contributed by atoms with Crippen LogP contribution in [0.15, 0.2) is 18.7 Å². The molecular formula is C10H12N6O2. The summed E-state index contributed by atoms with van der Waals surface area (Å²) in [5.74, 6) is 0.169. The van der Waals surface area contributed by atoms with Gasteiger partial charge >= 0.3 is 5.97 Å². The smallest absolute Gasteiger partial charge is 0.356 e. The van der Waals surface area contributed by atoms with Gasteiger partial charge in [-0.1, -0.05) is 0 Å². The van der Waals surface area contributed by atoms with Crippen LogP contribution in [-0.2, 0) is 13.5 Å². The third-order valence-electron chi connectivity index (χ3n) is 2.17. The Morgan fingerprint density at radius 2 is 2.22 bits per heavy atom. The largest absolute Gasteiger partial charge is 0.476 e. The molecule has 94 valence electrons. The number of nitrogens with one attached hydrogen (secondary N) is 1. The number of aromatic carboxylic acids is 1. The Morgan fingerprint density at radius 3 is 2.78 bits per heavy atom. The molecular weight excluding hydrogens is 236 g/mol. The molecule has 0 bridgehead atoms. The fourth-order valence-electron chi connectivity index (χ4n) is 1.33. The lowest BCUT2D eigenvalue weighted by Gasteiger charge is -2.03. The molecule has 0 aliphatic rings. The minimum atomic E-state index is -1.09. The molecule has 0 atom stereocenters. The van der Waals surface area contributed by atoms with E-state index in [9.17, 15) is 4.79 Å². The van der Waals surface area contributed by atoms with Crippen LogP contribution in [0.2, 0.25) is 0 Å². The zero-order valence-electron chi connectivity index (χ0n) is 9.74. The molecule has 2 aromatic heterocycles. The first-order valence-corrected chi connectivity index (χ1v) is 5.29. The van der Waals surface area contributed by atoms with E-state index in [0.29, 0.717) is 18.8 Å². The Morgan fingerprint density at radius 1 is 1.39 bits per heavy atom. The van der Waals surface area contributed by atoms with Crippen LogP contribution in [0.5, 0.6) is 0 Å². The maximum absolute atomic E-state index is 10.6. The molecule has 2 aromatic rings. The predicted octanol–water partition coefficient (Wildman–Crippen LogP) is -0.0421. The number of carboxylic acids is 1. The lowest BCUT2D eigenvalue weighted by Crippen LogP contribution is -2.09. The highest BCUT2D eigenvalue weighted by atomic mass is 16.4. The van der Waals surface area contributed by atoms with Crippen molar-refractivity contribution < 1.29 is 9.90 Å². The van der Waals surface area contributed by atoms with E-state index >= 15 is 0 Å². The fraction of sp³-hybridized carbons (Fsp3) is 0.300. The number of aryl methyl sites for hydroxylation is 1. The highest BCUT2D eigenvalue weighted by Gasteiger charge is 2.04. The minimum Gasteiger partial charge on any atom is -0.476 e. The molecule has 0 spiro atoms. The molecule has 0 aliphatic carbocycles. The molecule has 0 radical (unpaired) electrons. The quantitative estimate of drug-likeness (QED) is 0.764. The van der Waals surface area contributed by atoms with Crippen molar-refractivity contribution in [2.24, 2.45) is 7.05 Å². The van der Waals surface area contributed by atoms with Crippen LogP contribution in [0.3, 0.4) is 0 Å². The van der Waals surface area contributed by atoms with Crippen LogP contribution in [0.25, 0.3) is 0 Å². The van der Waals surface area contributed by atoms with Gasteiger partial charge in [-0.15, -0.1) is 0 Å². The maximum atomic E-state index is 10.6. The zero-order chi connectivity index (χ0) is 13.0. The van der Waals surface area contributed by atoms with Crippen molar-refractivity contribution >= 4 is 11.8 Å². The number of carboxylic acid groups (broad SMARTS) is 1. The Kier molecular flexibility index (Phi) is 3.46. The van der Waals surface area contributed by atoms with E-state index in [0.717, 1.165) is 5.82 Å². The summed E-state index contributed by atoms with van der Waals surface area (Å²) < 4.78 is 1.64. The SMILES string of the molecule is Cn1cnc(CCNc2cnc(C(=O)O)cn2)n1. The summed E-state index contributed by atoms with van der Waals surface area (Å²) in [5, 5.41) is 15.8. The van der Waals surface area contributed by atoms with Gasteiger partial charge in [0.25, 0.3) is 0 Å². The molecule has 0 amide bonds. The molecule has 0 saturated heterocycles. The van der Waals surface area contributed by atoms with Gasteiger partial charge in [0, 0.05) is 20.0 Å². The number of nitrogens with zero attached hydrogens (tertiary/aromatic N) is 5. The molecule has 8 nitrogen and oxygen atoms in total. The molecule has 0 saturated carbocycles. The maximum Gasteiger partial charge on any atom is 0.356 e. The normalized spacial score (nSPS) is 10.3. The van der Waals surface area contributed by atoms with Crippen LogP contribution in [0.4, 0.5) is 5.82 Å². The van der Waals surface area contributed by atoms with E-state index < -0.39 is 5.97 Å². The Balaban J connectivity index is 1.85. The van der Waals surface area contributed by atoms with E-state index in [4.69, 9.17) is 5.11 Å². The molecule has 0 aromatic carbocycles. The average molecular weight is 248 g/mol. The predicted molar refractivity (Wildman–Crippen MR) is 62.2 cm³/mol. The van der Waals surface area contributed by atoms with Crippen molar-refractivity contribution in [2.45, 2.75) is 6.42 Å². The molecule has 0 aliphatic heterocycles. The summed E-state index contributed by atoms with van der Waals surface area (Å²) in [6.45, 7) is 0.602. The minimum absolute atomic E-state index is 0.0769. The van der Waals surface area contributed by atoms with Crippen LogP contribution >= 0.6 is 0 Å². The van der Waals surface area contributed by atoms with Gasteiger partial charge in [-0.05, 0) is 0 Å². The van der Waals surface area contributed by atoms with Gasteiger partial charge in [0.1, 0.15) is 12.1 Å². The van der Waals surface area contributed by atoms with E-state index in [-0.39, 0.29) is 5.69 Å². The van der Waals surface area contributed by atoms with Crippen LogP contribution in [-0.4, -0.2) is 42.4 Å². The summed E-state index contributed by atoms with van der Waals surface area (Å²) in [7, 11) is 1.81. The lowest BCUT2D eigenvalue weighted by molar-refractivity contribution is 0.0690. The number of anilines is 1. The summed E-state index contributed by atoms with van der Waals surface area (Å²) in [4.78, 5) is 22.3. The van der Waals surface area contributed by atoms with Crippen LogP contribution in [0.1, 0.15) is 16.3 Å². The van der Waals surface area contributed by atoms with Crippen molar-refractivity contribution in [3.05, 3.63) is 30.2 Å². The fourth-order valence-corrected chi connectivity index (χ4v) is 1.33. The highest BCUT2D eigenvalue weighted by molar-refractivity contribution is 5.84. The van der Waals surface area contributed by atoms with Crippen molar-refractivity contribution in [3.8, 4) is 0 Å². The zero-order valence-corrected chi connectivity index (χ0v) is 9.74. The number of rotatable bonds is 5. The number of hydrogen-bond donors (Lipinski definition) is 2. The summed E-state index contributed by atoms with van der Waals surface area (Å²) in [6.07, 6.45) is 4.89. The van der Waals surface area contributed by atoms with Gasteiger partial charge in [0.15, 0.2) is 11.5 Å². The van der Waals surface area contributed by atoms with Crippen molar-refractivity contribution in [2.75, 3.05) is 11.9 Å². The summed E-state index contributed by atoms with van der Waals surface area (Å²) in [5.41, 5.74) is -0.0769. The summed E-state index contributed by atoms with van der Waals surface area (Å²) >= 11 is 0. The third kappa shape index (κ3) is 3.00. The van der Waals surface area contributed by atoms with Crippen molar-refractivity contribution in [3.63, 3.8) is 0 Å². The topological polar surface area (TPSA) is 106 Å². The molecule has 8 heteroatoms. The van der Waals surface area contributed by atoms with Gasteiger partial charge in [-0.2, -0.15) is 5.10 Å². The van der Waals surface area contributed by atoms with E-state index in [1.807, 2.05) is 0 Å². The summed E-state index contributed by atoms with van der Waals surface area (Å²) in [6, 6.07) is 0. The van der Waals surface area contributed by atoms with Crippen molar-refractivity contribution in [1.82, 2.24) is 24.7 Å². The number of hydrogen-bond acceptors (Lipinski definition) is 6. The standard InChI is InChI=1S/C10H12N6O2/c1-16-6-14-8(15-16)2-3-11-9-5-12-7(4-13-9)10(17)18/h4-6H,2-3H2,1H3,(H,11,13)(H,17,18). The van der Waals surface area contributed by atoms with E-state index in [1.54, 1.807) is 18.1 Å². The van der Waals surface area contributed by atoms with Gasteiger partial charge in [0.05, 0.1) is 12.4 Å². The third-order valence-corrected chi connectivity index (χ3v) is 2.17. The number of aromatic nitrogens is 5. The first-order valence-electron chi connectivity index (χ1n) is 5.29. The van der Waals surface area contributed by atoms with E-state index in [1.165, 1.54) is 12.4 Å². The molecule has 2 heterocycles. The second-order valence-corrected chi connectivity index (χ2v) is 3.60. The molecule has 0 fully saturated rings. The lowest BCUT2D eigenvalue weighted by atomic mass is 10.4. The van der Waals surface area contributed by atoms with Crippen LogP contribution < -0.4 is 5.32 Å². The molecule has 2 N–H and O–H groups in total. The van der Waals surface area contributed by atoms with Crippen molar-refractivity contribution in [1.29, 1.82) is 0 Å². The van der Waals surface area contributed by atoms with Crippen LogP contribution in [0, 0.1) is 0 Å². The van der Waals surface area contributed by atoms with E-state index in [2.05, 4.69) is 25.4 Å².